The molecule has 1 aromatic rings. The van der Waals surface area contributed by atoms with Crippen molar-refractivity contribution in [3.8, 4) is 0 Å². The number of aryl methyl sites for hydroxylation is 1. The highest BCUT2D eigenvalue weighted by atomic mass is 19.1. The minimum atomic E-state index is -0.647. The lowest BCUT2D eigenvalue weighted by Gasteiger charge is -2.24. The number of rotatable bonds is 2. The molecule has 23 heavy (non-hydrogen) atoms. The number of carbonyl (C=O) groups excluding carboxylic acids is 2. The predicted octanol–water partition coefficient (Wildman–Crippen LogP) is 2.41. The Morgan fingerprint density at radius 1 is 1.43 bits per heavy atom. The number of fused-ring (bicyclic) bond motifs is 1. The molecule has 124 valence electrons. The van der Waals surface area contributed by atoms with Crippen LogP contribution >= 0.6 is 0 Å². The van der Waals surface area contributed by atoms with E-state index in [9.17, 15) is 14.0 Å². The summed E-state index contributed by atoms with van der Waals surface area (Å²) in [6, 6.07) is 4.35. The van der Waals surface area contributed by atoms with Crippen LogP contribution < -0.4 is 5.32 Å². The van der Waals surface area contributed by atoms with E-state index in [1.807, 2.05) is 6.92 Å². The summed E-state index contributed by atoms with van der Waals surface area (Å²) in [4.78, 5) is 25.9. The largest absolute Gasteiger partial charge is 0.469 e. The Morgan fingerprint density at radius 3 is 2.96 bits per heavy atom. The monoisotopic (exact) mass is 320 g/mol. The SMILES string of the molecule is COC(=O)[C@@]1(C)CCN(C(=O)N[C@H]2CCc3ccc(F)cc32)C1. The van der Waals surface area contributed by atoms with Crippen molar-refractivity contribution in [2.24, 2.45) is 5.41 Å². The first-order valence-electron chi connectivity index (χ1n) is 7.85. The Hall–Kier alpha value is -2.11. The van der Waals surface area contributed by atoms with Crippen molar-refractivity contribution in [1.82, 2.24) is 10.2 Å². The van der Waals surface area contributed by atoms with Gasteiger partial charge in [0.2, 0.25) is 0 Å². The molecule has 5 nitrogen and oxygen atoms in total. The molecule has 1 aliphatic carbocycles. The maximum atomic E-state index is 13.4. The molecule has 1 N–H and O–H groups in total. The second-order valence-electron chi connectivity index (χ2n) is 6.61. The quantitative estimate of drug-likeness (QED) is 0.851. The van der Waals surface area contributed by atoms with Crippen LogP contribution in [0, 0.1) is 11.2 Å². The lowest BCUT2D eigenvalue weighted by molar-refractivity contribution is -0.150. The van der Waals surface area contributed by atoms with Crippen molar-refractivity contribution in [3.63, 3.8) is 0 Å². The van der Waals surface area contributed by atoms with Crippen molar-refractivity contribution in [1.29, 1.82) is 0 Å². The van der Waals surface area contributed by atoms with E-state index in [2.05, 4.69) is 5.32 Å². The van der Waals surface area contributed by atoms with E-state index < -0.39 is 5.41 Å². The van der Waals surface area contributed by atoms with Crippen molar-refractivity contribution >= 4 is 12.0 Å². The minimum Gasteiger partial charge on any atom is -0.469 e. The van der Waals surface area contributed by atoms with Crippen molar-refractivity contribution in [2.45, 2.75) is 32.2 Å². The number of esters is 1. The lowest BCUT2D eigenvalue weighted by Crippen LogP contribution is -2.42. The Kier molecular flexibility index (Phi) is 4.00. The number of benzene rings is 1. The first-order chi connectivity index (χ1) is 10.9. The number of hydrogen-bond acceptors (Lipinski definition) is 3. The van der Waals surface area contributed by atoms with Crippen LogP contribution in [-0.4, -0.2) is 37.1 Å². The van der Waals surface area contributed by atoms with Crippen LogP contribution in [0.2, 0.25) is 0 Å². The van der Waals surface area contributed by atoms with E-state index in [0.717, 1.165) is 24.0 Å². The summed E-state index contributed by atoms with van der Waals surface area (Å²) >= 11 is 0. The number of hydrogen-bond donors (Lipinski definition) is 1. The first-order valence-corrected chi connectivity index (χ1v) is 7.85. The van der Waals surface area contributed by atoms with Crippen LogP contribution in [-0.2, 0) is 16.0 Å². The minimum absolute atomic E-state index is 0.168. The Morgan fingerprint density at radius 2 is 2.22 bits per heavy atom. The topological polar surface area (TPSA) is 58.6 Å². The molecule has 2 aliphatic rings. The van der Waals surface area contributed by atoms with Gasteiger partial charge in [-0.15, -0.1) is 0 Å². The maximum Gasteiger partial charge on any atom is 0.317 e. The zero-order valence-corrected chi connectivity index (χ0v) is 13.4. The molecule has 1 saturated heterocycles. The standard InChI is InChI=1S/C17H21FN2O3/c1-17(15(21)23-2)7-8-20(10-17)16(22)19-14-6-4-11-3-5-12(18)9-13(11)14/h3,5,9,14H,4,6-8,10H2,1-2H3,(H,19,22)/t14-,17-/m0/s1. The molecular weight excluding hydrogens is 299 g/mol. The smallest absolute Gasteiger partial charge is 0.317 e. The number of likely N-dealkylation sites (tertiary alicyclic amines) is 1. The maximum absolute atomic E-state index is 13.4. The molecule has 0 bridgehead atoms. The fraction of sp³-hybridized carbons (Fsp3) is 0.529. The second kappa shape index (κ2) is 5.83. The molecule has 1 aromatic carbocycles. The molecule has 0 spiro atoms. The Bertz CT molecular complexity index is 649. The molecule has 1 aliphatic heterocycles. The summed E-state index contributed by atoms with van der Waals surface area (Å²) in [5, 5.41) is 2.97. The number of nitrogens with zero attached hydrogens (tertiary/aromatic N) is 1. The zero-order chi connectivity index (χ0) is 16.6. The molecule has 3 rings (SSSR count). The van der Waals surface area contributed by atoms with Gasteiger partial charge in [0.25, 0.3) is 0 Å². The van der Waals surface area contributed by atoms with Gasteiger partial charge < -0.3 is 15.0 Å². The van der Waals surface area contributed by atoms with E-state index >= 15 is 0 Å². The van der Waals surface area contributed by atoms with Gasteiger partial charge in [-0.2, -0.15) is 0 Å². The van der Waals surface area contributed by atoms with Gasteiger partial charge in [0.05, 0.1) is 18.6 Å². The predicted molar refractivity (Wildman–Crippen MR) is 82.3 cm³/mol. The molecule has 2 amide bonds. The van der Waals surface area contributed by atoms with Crippen LogP contribution in [0.5, 0.6) is 0 Å². The van der Waals surface area contributed by atoms with E-state index in [0.29, 0.717) is 19.5 Å². The van der Waals surface area contributed by atoms with Crippen LogP contribution in [0.1, 0.15) is 36.9 Å². The fourth-order valence-corrected chi connectivity index (χ4v) is 3.51. The van der Waals surface area contributed by atoms with E-state index in [-0.39, 0.29) is 23.9 Å². The molecule has 0 radical (unpaired) electrons. The highest BCUT2D eigenvalue weighted by molar-refractivity contribution is 5.80. The van der Waals surface area contributed by atoms with Crippen molar-refractivity contribution in [3.05, 3.63) is 35.1 Å². The lowest BCUT2D eigenvalue weighted by atomic mass is 9.90. The molecule has 1 fully saturated rings. The number of halogens is 1. The Labute approximate surface area is 134 Å². The molecule has 0 saturated carbocycles. The third-order valence-corrected chi connectivity index (χ3v) is 4.92. The summed E-state index contributed by atoms with van der Waals surface area (Å²) in [7, 11) is 1.36. The van der Waals surface area contributed by atoms with Gasteiger partial charge >= 0.3 is 12.0 Å². The van der Waals surface area contributed by atoms with E-state index in [1.54, 1.807) is 11.0 Å². The molecule has 1 heterocycles. The van der Waals surface area contributed by atoms with Crippen LogP contribution in [0.4, 0.5) is 9.18 Å². The summed E-state index contributed by atoms with van der Waals surface area (Å²) in [6.45, 7) is 2.67. The summed E-state index contributed by atoms with van der Waals surface area (Å²) in [6.07, 6.45) is 2.19. The Balaban J connectivity index is 1.66. The van der Waals surface area contributed by atoms with Gasteiger partial charge in [0.15, 0.2) is 0 Å². The molecule has 0 aromatic heterocycles. The number of carbonyl (C=O) groups is 2. The van der Waals surface area contributed by atoms with Gasteiger partial charge in [-0.3, -0.25) is 4.79 Å². The molecule has 2 atom stereocenters. The van der Waals surface area contributed by atoms with Gasteiger partial charge in [-0.1, -0.05) is 6.07 Å². The number of methoxy groups -OCH3 is 1. The van der Waals surface area contributed by atoms with Crippen molar-refractivity contribution in [2.75, 3.05) is 20.2 Å². The van der Waals surface area contributed by atoms with Gasteiger partial charge in [-0.05, 0) is 49.4 Å². The second-order valence-corrected chi connectivity index (χ2v) is 6.61. The molecular formula is C17H21FN2O3. The average Bonchev–Trinajstić information content (AvgIpc) is 3.11. The van der Waals surface area contributed by atoms with Gasteiger partial charge in [-0.25, -0.2) is 9.18 Å². The van der Waals surface area contributed by atoms with Crippen LogP contribution in [0.15, 0.2) is 18.2 Å². The normalized spacial score (nSPS) is 26.0. The summed E-state index contributed by atoms with van der Waals surface area (Å²) in [5.41, 5.74) is 1.29. The van der Waals surface area contributed by atoms with E-state index in [1.165, 1.54) is 19.2 Å². The highest BCUT2D eigenvalue weighted by Gasteiger charge is 2.43. The number of amides is 2. The fourth-order valence-electron chi connectivity index (χ4n) is 3.51. The van der Waals surface area contributed by atoms with E-state index in [4.69, 9.17) is 4.74 Å². The van der Waals surface area contributed by atoms with Crippen LogP contribution in [0.3, 0.4) is 0 Å². The highest BCUT2D eigenvalue weighted by Crippen LogP contribution is 2.34. The van der Waals surface area contributed by atoms with Crippen LogP contribution in [0.25, 0.3) is 0 Å². The zero-order valence-electron chi connectivity index (χ0n) is 13.4. The first kappa shape index (κ1) is 15.8. The number of nitrogens with one attached hydrogen (secondary N) is 1. The number of ether oxygens (including phenoxy) is 1. The van der Waals surface area contributed by atoms with Gasteiger partial charge in [0, 0.05) is 13.1 Å². The summed E-state index contributed by atoms with van der Waals surface area (Å²) in [5.74, 6) is -0.578. The van der Waals surface area contributed by atoms with Gasteiger partial charge in [0.1, 0.15) is 5.82 Å². The van der Waals surface area contributed by atoms with Crippen molar-refractivity contribution < 1.29 is 18.7 Å². The number of urea groups is 1. The summed E-state index contributed by atoms with van der Waals surface area (Å²) < 4.78 is 18.2. The average molecular weight is 320 g/mol. The molecule has 6 heteroatoms. The molecule has 0 unspecified atom stereocenters. The third kappa shape index (κ3) is 2.90. The third-order valence-electron chi connectivity index (χ3n) is 4.92.